The van der Waals surface area contributed by atoms with Crippen LogP contribution in [0.2, 0.25) is 0 Å². The highest BCUT2D eigenvalue weighted by molar-refractivity contribution is 5.84. The molecular weight excluding hydrogens is 184 g/mol. The van der Waals surface area contributed by atoms with Gasteiger partial charge in [-0.15, -0.1) is 0 Å². The van der Waals surface area contributed by atoms with Crippen LogP contribution in [-0.4, -0.2) is 24.3 Å². The quantitative estimate of drug-likeness (QED) is 0.294. The topological polar surface area (TPSA) is 94.1 Å². The third-order valence-electron chi connectivity index (χ3n) is 1.10. The second-order valence-corrected chi connectivity index (χ2v) is 2.07. The van der Waals surface area contributed by atoms with E-state index in [1.165, 1.54) is 24.3 Å². The molecule has 72 valence electrons. The molecule has 0 aliphatic rings. The first kappa shape index (κ1) is 11.9. The van der Waals surface area contributed by atoms with Crippen LogP contribution in [0.4, 0.5) is 0 Å². The number of hydrogen-bond acceptors (Lipinski definition) is 5. The number of hydrogen-bond donors (Lipinski definition) is 1. The summed E-state index contributed by atoms with van der Waals surface area (Å²) in [6.45, 7) is -0.130. The Hall–Kier alpha value is -2.11. The molecular formula is C9H8N2O3. The molecule has 0 heterocycles. The molecule has 0 unspecified atom stereocenters. The molecule has 5 nitrogen and oxygen atoms in total. The molecule has 0 aromatic heterocycles. The first-order chi connectivity index (χ1) is 6.74. The maximum Gasteiger partial charge on any atom is 0.333 e. The van der Waals surface area contributed by atoms with E-state index in [1.54, 1.807) is 0 Å². The summed E-state index contributed by atoms with van der Waals surface area (Å²) in [5, 5.41) is 24.9. The predicted molar refractivity (Wildman–Crippen MR) is 46.5 cm³/mol. The van der Waals surface area contributed by atoms with Gasteiger partial charge in [0.05, 0.1) is 12.7 Å². The third-order valence-corrected chi connectivity index (χ3v) is 1.10. The fraction of sp³-hybridized carbons (Fsp3) is 0.222. The molecule has 0 aromatic carbocycles. The van der Waals surface area contributed by atoms with Gasteiger partial charge < -0.3 is 9.84 Å². The second-order valence-electron chi connectivity index (χ2n) is 2.07. The number of carbonyl (C=O) groups excluding carboxylic acids is 1. The Morgan fingerprint density at radius 1 is 1.36 bits per heavy atom. The summed E-state index contributed by atoms with van der Waals surface area (Å²) < 4.78 is 4.56. The maximum atomic E-state index is 10.8. The second kappa shape index (κ2) is 7.53. The Morgan fingerprint density at radius 3 is 2.50 bits per heavy atom. The molecule has 0 radical (unpaired) electrons. The smallest absolute Gasteiger partial charge is 0.333 e. The Bertz CT molecular complexity index is 315. The predicted octanol–water partition coefficient (Wildman–Crippen LogP) is 0.0517. The van der Waals surface area contributed by atoms with Crippen LogP contribution in [-0.2, 0) is 9.53 Å². The molecule has 0 bridgehead atoms. The van der Waals surface area contributed by atoms with Crippen LogP contribution in [0.15, 0.2) is 23.8 Å². The van der Waals surface area contributed by atoms with Crippen molar-refractivity contribution in [1.29, 1.82) is 10.5 Å². The number of aliphatic hydroxyl groups is 1. The lowest BCUT2D eigenvalue weighted by molar-refractivity contribution is -0.136. The number of nitrogens with zero attached hydrogens (tertiary/aromatic N) is 2. The Kier molecular flexibility index (Phi) is 6.40. The molecule has 0 aromatic rings. The lowest BCUT2D eigenvalue weighted by Gasteiger charge is -1.94. The van der Waals surface area contributed by atoms with Crippen LogP contribution >= 0.6 is 0 Å². The van der Waals surface area contributed by atoms with Crippen molar-refractivity contribution in [3.8, 4) is 12.1 Å². The van der Waals surface area contributed by atoms with E-state index in [0.717, 1.165) is 6.08 Å². The van der Waals surface area contributed by atoms with E-state index in [2.05, 4.69) is 4.74 Å². The summed E-state index contributed by atoms with van der Waals surface area (Å²) in [5.74, 6) is -0.759. The van der Waals surface area contributed by atoms with Gasteiger partial charge in [0.15, 0.2) is 0 Å². The van der Waals surface area contributed by atoms with Crippen molar-refractivity contribution < 1.29 is 14.6 Å². The van der Waals surface area contributed by atoms with Gasteiger partial charge in [0.1, 0.15) is 24.3 Å². The van der Waals surface area contributed by atoms with E-state index in [1.807, 2.05) is 0 Å². The van der Waals surface area contributed by atoms with Crippen LogP contribution < -0.4 is 0 Å². The van der Waals surface area contributed by atoms with E-state index in [0.29, 0.717) is 0 Å². The molecule has 0 saturated carbocycles. The number of ether oxygens (including phenoxy) is 1. The molecule has 0 saturated heterocycles. The Morgan fingerprint density at radius 2 is 2.00 bits per heavy atom. The molecule has 5 heteroatoms. The SMILES string of the molecule is N#CC(C#N)=CC(=O)OC/C=C/CO. The van der Waals surface area contributed by atoms with E-state index in [4.69, 9.17) is 15.6 Å². The third kappa shape index (κ3) is 5.53. The van der Waals surface area contributed by atoms with Crippen molar-refractivity contribution in [1.82, 2.24) is 0 Å². The molecule has 0 aliphatic heterocycles. The number of allylic oxidation sites excluding steroid dienone is 1. The number of carbonyl (C=O) groups is 1. The number of esters is 1. The van der Waals surface area contributed by atoms with Crippen molar-refractivity contribution in [3.63, 3.8) is 0 Å². The van der Waals surface area contributed by atoms with E-state index in [-0.39, 0.29) is 18.8 Å². The van der Waals surface area contributed by atoms with Crippen LogP contribution in [0.5, 0.6) is 0 Å². The molecule has 0 spiro atoms. The lowest BCUT2D eigenvalue weighted by atomic mass is 10.3. The van der Waals surface area contributed by atoms with E-state index < -0.39 is 5.97 Å². The standard InChI is InChI=1S/C9H8N2O3/c10-6-8(7-11)5-9(13)14-4-2-1-3-12/h1-2,5,12H,3-4H2/b2-1+. The Labute approximate surface area is 81.1 Å². The van der Waals surface area contributed by atoms with Gasteiger partial charge in [-0.25, -0.2) is 4.79 Å². The summed E-state index contributed by atoms with van der Waals surface area (Å²) in [6.07, 6.45) is 3.67. The van der Waals surface area contributed by atoms with Crippen molar-refractivity contribution in [3.05, 3.63) is 23.8 Å². The monoisotopic (exact) mass is 192 g/mol. The van der Waals surface area contributed by atoms with Crippen molar-refractivity contribution >= 4 is 5.97 Å². The van der Waals surface area contributed by atoms with Crippen molar-refractivity contribution in [2.24, 2.45) is 0 Å². The number of aliphatic hydroxyl groups excluding tert-OH is 1. The summed E-state index contributed by atoms with van der Waals surface area (Å²) in [4.78, 5) is 10.8. The fourth-order valence-corrected chi connectivity index (χ4v) is 0.522. The first-order valence-electron chi connectivity index (χ1n) is 3.69. The van der Waals surface area contributed by atoms with Gasteiger partial charge in [-0.1, -0.05) is 6.08 Å². The summed E-state index contributed by atoms with van der Waals surface area (Å²) in [6, 6.07) is 3.05. The van der Waals surface area contributed by atoms with Gasteiger partial charge in [0.2, 0.25) is 0 Å². The zero-order valence-corrected chi connectivity index (χ0v) is 7.30. The van der Waals surface area contributed by atoms with Crippen LogP contribution in [0, 0.1) is 22.7 Å². The van der Waals surface area contributed by atoms with Crippen molar-refractivity contribution in [2.75, 3.05) is 13.2 Å². The molecule has 0 amide bonds. The highest BCUT2D eigenvalue weighted by atomic mass is 16.5. The largest absolute Gasteiger partial charge is 0.458 e. The van der Waals surface area contributed by atoms with Gasteiger partial charge in [-0.2, -0.15) is 10.5 Å². The normalized spacial score (nSPS) is 8.79. The summed E-state index contributed by atoms with van der Waals surface area (Å²) in [5.41, 5.74) is -0.305. The minimum absolute atomic E-state index is 0.0000302. The van der Waals surface area contributed by atoms with Gasteiger partial charge in [0.25, 0.3) is 0 Å². The molecule has 1 N–H and O–H groups in total. The minimum Gasteiger partial charge on any atom is -0.458 e. The zero-order chi connectivity index (χ0) is 10.8. The molecule has 14 heavy (non-hydrogen) atoms. The lowest BCUT2D eigenvalue weighted by Crippen LogP contribution is -2.01. The van der Waals surface area contributed by atoms with Gasteiger partial charge in [-0.05, 0) is 6.08 Å². The van der Waals surface area contributed by atoms with Gasteiger partial charge in [-0.3, -0.25) is 0 Å². The molecule has 0 fully saturated rings. The molecule has 0 rings (SSSR count). The molecule has 0 atom stereocenters. The summed E-state index contributed by atoms with van der Waals surface area (Å²) in [7, 11) is 0. The van der Waals surface area contributed by atoms with Crippen LogP contribution in [0.25, 0.3) is 0 Å². The zero-order valence-electron chi connectivity index (χ0n) is 7.30. The molecule has 0 aliphatic carbocycles. The van der Waals surface area contributed by atoms with Crippen molar-refractivity contribution in [2.45, 2.75) is 0 Å². The van der Waals surface area contributed by atoms with Crippen LogP contribution in [0.3, 0.4) is 0 Å². The Balaban J connectivity index is 4.01. The van der Waals surface area contributed by atoms with Gasteiger partial charge in [0, 0.05) is 0 Å². The van der Waals surface area contributed by atoms with E-state index in [9.17, 15) is 4.79 Å². The average Bonchev–Trinajstić information content (AvgIpc) is 2.21. The maximum absolute atomic E-state index is 10.8. The number of rotatable bonds is 4. The number of nitriles is 2. The fourth-order valence-electron chi connectivity index (χ4n) is 0.522. The highest BCUT2D eigenvalue weighted by Crippen LogP contribution is 1.91. The van der Waals surface area contributed by atoms with Gasteiger partial charge >= 0.3 is 5.97 Å². The van der Waals surface area contributed by atoms with Crippen LogP contribution in [0.1, 0.15) is 0 Å². The van der Waals surface area contributed by atoms with E-state index >= 15 is 0 Å². The minimum atomic E-state index is -0.759. The summed E-state index contributed by atoms with van der Waals surface area (Å²) >= 11 is 0. The first-order valence-corrected chi connectivity index (χ1v) is 3.69. The average molecular weight is 192 g/mol. The highest BCUT2D eigenvalue weighted by Gasteiger charge is 1.99.